The van der Waals surface area contributed by atoms with Crippen LogP contribution in [0.2, 0.25) is 0 Å². The Morgan fingerprint density at radius 2 is 2.16 bits per heavy atom. The molecule has 5 nitrogen and oxygen atoms in total. The number of aliphatic carboxylic acids is 1. The van der Waals surface area contributed by atoms with E-state index in [0.717, 1.165) is 16.6 Å². The summed E-state index contributed by atoms with van der Waals surface area (Å²) in [6, 6.07) is 7.74. The largest absolute Gasteiger partial charge is 0.481 e. The molecule has 0 saturated carbocycles. The van der Waals surface area contributed by atoms with Crippen LogP contribution in [0.1, 0.15) is 19.0 Å². The quantitative estimate of drug-likeness (QED) is 0.904. The smallest absolute Gasteiger partial charge is 0.304 e. The molecule has 6 heteroatoms. The summed E-state index contributed by atoms with van der Waals surface area (Å²) in [6.45, 7) is 1.69. The van der Waals surface area contributed by atoms with Gasteiger partial charge in [0.2, 0.25) is 0 Å². The maximum atomic E-state index is 12.1. The van der Waals surface area contributed by atoms with E-state index in [-0.39, 0.29) is 17.4 Å². The Kier molecular flexibility index (Phi) is 3.99. The Balaban J connectivity index is 2.22. The molecule has 0 aliphatic carbocycles. The van der Waals surface area contributed by atoms with Crippen LogP contribution < -0.4 is 0 Å². The van der Waals surface area contributed by atoms with E-state index in [0.29, 0.717) is 0 Å². The number of carboxylic acid groups (broad SMARTS) is 1. The van der Waals surface area contributed by atoms with E-state index >= 15 is 0 Å². The highest BCUT2D eigenvalue weighted by molar-refractivity contribution is 7.84. The number of fused-ring (bicyclic) bond motifs is 1. The predicted octanol–water partition coefficient (Wildman–Crippen LogP) is 1.69. The molecule has 1 heterocycles. The van der Waals surface area contributed by atoms with Crippen molar-refractivity contribution in [2.24, 2.45) is 7.05 Å². The number of benzene rings is 1. The summed E-state index contributed by atoms with van der Waals surface area (Å²) in [5.41, 5.74) is 1.74. The van der Waals surface area contributed by atoms with Gasteiger partial charge in [-0.05, 0) is 6.07 Å². The van der Waals surface area contributed by atoms with Gasteiger partial charge < -0.3 is 5.11 Å². The first-order valence-corrected chi connectivity index (χ1v) is 7.37. The van der Waals surface area contributed by atoms with Crippen molar-refractivity contribution in [3.05, 3.63) is 30.0 Å². The third-order valence-corrected chi connectivity index (χ3v) is 4.65. The van der Waals surface area contributed by atoms with Crippen LogP contribution in [0.4, 0.5) is 0 Å². The second-order valence-corrected chi connectivity index (χ2v) is 6.38. The van der Waals surface area contributed by atoms with Crippen molar-refractivity contribution in [2.75, 3.05) is 0 Å². The molecule has 0 amide bonds. The van der Waals surface area contributed by atoms with Gasteiger partial charge in [-0.1, -0.05) is 25.1 Å². The summed E-state index contributed by atoms with van der Waals surface area (Å²) in [7, 11) is 0.607. The Morgan fingerprint density at radius 3 is 2.84 bits per heavy atom. The van der Waals surface area contributed by atoms with E-state index in [1.54, 1.807) is 11.6 Å². The van der Waals surface area contributed by atoms with Crippen LogP contribution in [-0.4, -0.2) is 30.3 Å². The number of aromatic nitrogens is 2. The topological polar surface area (TPSA) is 72.2 Å². The Bertz CT molecular complexity index is 636. The molecule has 2 rings (SSSR count). The lowest BCUT2D eigenvalue weighted by Crippen LogP contribution is -2.17. The van der Waals surface area contributed by atoms with Crippen molar-refractivity contribution in [1.82, 2.24) is 9.78 Å². The first-order valence-electron chi connectivity index (χ1n) is 5.98. The van der Waals surface area contributed by atoms with Gasteiger partial charge >= 0.3 is 5.97 Å². The average Bonchev–Trinajstić information content (AvgIpc) is 2.66. The number of aryl methyl sites for hydroxylation is 1. The van der Waals surface area contributed by atoms with Crippen LogP contribution in [-0.2, 0) is 28.4 Å². The van der Waals surface area contributed by atoms with Crippen molar-refractivity contribution in [3.8, 4) is 0 Å². The monoisotopic (exact) mass is 280 g/mol. The predicted molar refractivity (Wildman–Crippen MR) is 74.3 cm³/mol. The summed E-state index contributed by atoms with van der Waals surface area (Å²) in [4.78, 5) is 10.6. The Morgan fingerprint density at radius 1 is 1.47 bits per heavy atom. The summed E-state index contributed by atoms with van der Waals surface area (Å²) in [5.74, 6) is -0.637. The molecule has 0 aliphatic heterocycles. The number of para-hydroxylation sites is 1. The van der Waals surface area contributed by atoms with E-state index in [4.69, 9.17) is 5.11 Å². The summed E-state index contributed by atoms with van der Waals surface area (Å²) >= 11 is 0. The van der Waals surface area contributed by atoms with Gasteiger partial charge in [-0.3, -0.25) is 13.7 Å². The molecule has 2 aromatic rings. The van der Waals surface area contributed by atoms with Crippen molar-refractivity contribution in [1.29, 1.82) is 0 Å². The van der Waals surface area contributed by atoms with Crippen LogP contribution in [0.15, 0.2) is 24.3 Å². The summed E-state index contributed by atoms with van der Waals surface area (Å²) in [5, 5.41) is 13.7. The molecule has 0 saturated heterocycles. The molecule has 1 aromatic carbocycles. The van der Waals surface area contributed by atoms with Gasteiger partial charge in [0.15, 0.2) is 0 Å². The average molecular weight is 280 g/mol. The lowest BCUT2D eigenvalue weighted by molar-refractivity contribution is -0.136. The number of carbonyl (C=O) groups is 1. The van der Waals surface area contributed by atoms with Gasteiger partial charge in [0.1, 0.15) is 0 Å². The fourth-order valence-electron chi connectivity index (χ4n) is 2.01. The minimum atomic E-state index is -1.24. The van der Waals surface area contributed by atoms with Crippen LogP contribution in [0.25, 0.3) is 10.9 Å². The first-order chi connectivity index (χ1) is 8.99. The number of hydrogen-bond acceptors (Lipinski definition) is 3. The van der Waals surface area contributed by atoms with E-state index in [1.807, 2.05) is 31.3 Å². The highest BCUT2D eigenvalue weighted by Gasteiger charge is 2.18. The fourth-order valence-corrected chi connectivity index (χ4v) is 3.11. The molecule has 19 heavy (non-hydrogen) atoms. The number of nitrogens with zero attached hydrogens (tertiary/aromatic N) is 2. The molecule has 1 aromatic heterocycles. The van der Waals surface area contributed by atoms with E-state index in [1.165, 1.54) is 0 Å². The minimum absolute atomic E-state index is 0.0859. The van der Waals surface area contributed by atoms with Gasteiger partial charge in [0.05, 0.1) is 23.4 Å². The van der Waals surface area contributed by atoms with E-state index in [2.05, 4.69) is 5.10 Å². The van der Waals surface area contributed by atoms with Gasteiger partial charge in [-0.15, -0.1) is 0 Å². The molecule has 0 radical (unpaired) electrons. The van der Waals surface area contributed by atoms with Crippen molar-refractivity contribution in [3.63, 3.8) is 0 Å². The van der Waals surface area contributed by atoms with Crippen molar-refractivity contribution in [2.45, 2.75) is 24.3 Å². The molecule has 0 spiro atoms. The van der Waals surface area contributed by atoms with Crippen molar-refractivity contribution >= 4 is 27.7 Å². The van der Waals surface area contributed by atoms with Gasteiger partial charge in [0.25, 0.3) is 0 Å². The van der Waals surface area contributed by atoms with Crippen LogP contribution in [0.5, 0.6) is 0 Å². The normalized spacial score (nSPS) is 14.4. The lowest BCUT2D eigenvalue weighted by Gasteiger charge is -2.07. The number of rotatable bonds is 5. The second kappa shape index (κ2) is 5.52. The molecule has 102 valence electrons. The van der Waals surface area contributed by atoms with E-state index < -0.39 is 16.8 Å². The minimum Gasteiger partial charge on any atom is -0.481 e. The molecule has 2 unspecified atom stereocenters. The fraction of sp³-hybridized carbons (Fsp3) is 0.385. The zero-order valence-electron chi connectivity index (χ0n) is 10.9. The number of hydrogen-bond donors (Lipinski definition) is 1. The maximum Gasteiger partial charge on any atom is 0.304 e. The highest BCUT2D eigenvalue weighted by Crippen LogP contribution is 2.20. The molecule has 0 aliphatic rings. The van der Waals surface area contributed by atoms with Gasteiger partial charge in [-0.25, -0.2) is 0 Å². The zero-order chi connectivity index (χ0) is 14.0. The molecular weight excluding hydrogens is 264 g/mol. The molecule has 0 bridgehead atoms. The third kappa shape index (κ3) is 3.01. The SMILES string of the molecule is CC(CC(=O)O)S(=O)Cc1nn(C)c2ccccc12. The summed E-state index contributed by atoms with van der Waals surface area (Å²) < 4.78 is 13.9. The van der Waals surface area contributed by atoms with Crippen LogP contribution in [0, 0.1) is 0 Å². The second-order valence-electron chi connectivity index (χ2n) is 4.52. The zero-order valence-corrected chi connectivity index (χ0v) is 11.7. The first kappa shape index (κ1) is 13.7. The van der Waals surface area contributed by atoms with Crippen LogP contribution >= 0.6 is 0 Å². The molecule has 0 fully saturated rings. The van der Waals surface area contributed by atoms with Crippen molar-refractivity contribution < 1.29 is 14.1 Å². The van der Waals surface area contributed by atoms with E-state index in [9.17, 15) is 9.00 Å². The lowest BCUT2D eigenvalue weighted by atomic mass is 10.2. The highest BCUT2D eigenvalue weighted by atomic mass is 32.2. The standard InChI is InChI=1S/C13H16N2O3S/c1-9(7-13(16)17)19(18)8-11-10-5-3-4-6-12(10)15(2)14-11/h3-6,9H,7-8H2,1-2H3,(H,16,17). The molecular formula is C13H16N2O3S. The van der Waals surface area contributed by atoms with Gasteiger partial charge in [-0.2, -0.15) is 5.10 Å². The Hall–Kier alpha value is -1.69. The molecule has 1 N–H and O–H groups in total. The van der Waals surface area contributed by atoms with Gasteiger partial charge in [0, 0.05) is 28.5 Å². The third-order valence-electron chi connectivity index (χ3n) is 3.02. The van der Waals surface area contributed by atoms with Crippen LogP contribution in [0.3, 0.4) is 0 Å². The Labute approximate surface area is 113 Å². The molecule has 2 atom stereocenters. The maximum absolute atomic E-state index is 12.1. The number of carboxylic acids is 1. The summed E-state index contributed by atoms with van der Waals surface area (Å²) in [6.07, 6.45) is -0.0859.